The Labute approximate surface area is 153 Å². The molecule has 0 atom stereocenters. The fourth-order valence-corrected chi connectivity index (χ4v) is 3.13. The van der Waals surface area contributed by atoms with E-state index >= 15 is 0 Å². The van der Waals surface area contributed by atoms with Crippen LogP contribution in [-0.2, 0) is 0 Å². The summed E-state index contributed by atoms with van der Waals surface area (Å²) >= 11 is 3.40. The molecule has 1 heterocycles. The van der Waals surface area contributed by atoms with Crippen molar-refractivity contribution in [3.63, 3.8) is 0 Å². The maximum Gasteiger partial charge on any atom is 0.256 e. The summed E-state index contributed by atoms with van der Waals surface area (Å²) in [6, 6.07) is 22.9. The molecule has 0 spiro atoms. The zero-order chi connectivity index (χ0) is 17.2. The maximum atomic E-state index is 12.4. The van der Waals surface area contributed by atoms with Crippen molar-refractivity contribution in [1.29, 1.82) is 0 Å². The maximum absolute atomic E-state index is 12.4. The van der Waals surface area contributed by atoms with Gasteiger partial charge in [0.15, 0.2) is 0 Å². The second-order valence-corrected chi connectivity index (χ2v) is 6.47. The fourth-order valence-electron chi connectivity index (χ4n) is 2.66. The predicted molar refractivity (Wildman–Crippen MR) is 104 cm³/mol. The minimum atomic E-state index is -0.158. The van der Waals surface area contributed by atoms with Crippen molar-refractivity contribution in [3.05, 3.63) is 82.8 Å². The number of hydrogen-bond donors (Lipinski definition) is 2. The van der Waals surface area contributed by atoms with E-state index in [1.807, 2.05) is 66.7 Å². The van der Waals surface area contributed by atoms with Crippen molar-refractivity contribution in [2.75, 3.05) is 5.32 Å². The third kappa shape index (κ3) is 3.19. The number of benzene rings is 3. The number of carbonyl (C=O) groups is 1. The van der Waals surface area contributed by atoms with E-state index in [0.717, 1.165) is 32.6 Å². The van der Waals surface area contributed by atoms with Gasteiger partial charge in [0, 0.05) is 15.7 Å². The van der Waals surface area contributed by atoms with Crippen LogP contribution in [0.5, 0.6) is 0 Å². The van der Waals surface area contributed by atoms with Crippen LogP contribution in [0, 0.1) is 0 Å². The fraction of sp³-hybridized carbons (Fsp3) is 0. The molecule has 0 unspecified atom stereocenters. The van der Waals surface area contributed by atoms with Crippen molar-refractivity contribution < 1.29 is 4.79 Å². The van der Waals surface area contributed by atoms with Crippen molar-refractivity contribution in [1.82, 2.24) is 9.97 Å². The largest absolute Gasteiger partial charge is 0.338 e. The molecular formula is C20H14BrN3O. The van der Waals surface area contributed by atoms with E-state index in [2.05, 4.69) is 31.2 Å². The van der Waals surface area contributed by atoms with E-state index in [-0.39, 0.29) is 5.91 Å². The summed E-state index contributed by atoms with van der Waals surface area (Å²) in [5, 5.41) is 2.92. The molecule has 0 saturated heterocycles. The SMILES string of the molecule is O=C(Nc1ccc2nc(-c3ccccc3)[nH]c2c1)c1ccccc1Br. The van der Waals surface area contributed by atoms with Gasteiger partial charge < -0.3 is 10.3 Å². The van der Waals surface area contributed by atoms with Crippen LogP contribution in [0.25, 0.3) is 22.4 Å². The number of aromatic nitrogens is 2. The van der Waals surface area contributed by atoms with Crippen molar-refractivity contribution >= 4 is 38.6 Å². The van der Waals surface area contributed by atoms with Gasteiger partial charge in [0.1, 0.15) is 5.82 Å². The van der Waals surface area contributed by atoms with Gasteiger partial charge in [-0.1, -0.05) is 42.5 Å². The van der Waals surface area contributed by atoms with E-state index in [1.165, 1.54) is 0 Å². The zero-order valence-electron chi connectivity index (χ0n) is 13.2. The molecular weight excluding hydrogens is 378 g/mol. The lowest BCUT2D eigenvalue weighted by Crippen LogP contribution is -2.12. The smallest absolute Gasteiger partial charge is 0.256 e. The molecule has 2 N–H and O–H groups in total. The average Bonchev–Trinajstić information content (AvgIpc) is 3.06. The summed E-state index contributed by atoms with van der Waals surface area (Å²) < 4.78 is 0.765. The topological polar surface area (TPSA) is 57.8 Å². The van der Waals surface area contributed by atoms with Crippen LogP contribution < -0.4 is 5.32 Å². The summed E-state index contributed by atoms with van der Waals surface area (Å²) in [5.74, 6) is 0.652. The average molecular weight is 392 g/mol. The van der Waals surface area contributed by atoms with Crippen molar-refractivity contribution in [3.8, 4) is 11.4 Å². The molecule has 0 radical (unpaired) electrons. The number of halogens is 1. The molecule has 1 aromatic heterocycles. The molecule has 5 heteroatoms. The summed E-state index contributed by atoms with van der Waals surface area (Å²) in [6.45, 7) is 0. The Morgan fingerprint density at radius 3 is 2.52 bits per heavy atom. The Balaban J connectivity index is 1.63. The number of H-pyrrole nitrogens is 1. The second-order valence-electron chi connectivity index (χ2n) is 5.62. The number of aromatic amines is 1. The highest BCUT2D eigenvalue weighted by Crippen LogP contribution is 2.24. The van der Waals surface area contributed by atoms with Crippen LogP contribution in [-0.4, -0.2) is 15.9 Å². The number of nitrogens with one attached hydrogen (secondary N) is 2. The first-order valence-electron chi connectivity index (χ1n) is 7.82. The van der Waals surface area contributed by atoms with E-state index in [9.17, 15) is 4.79 Å². The number of nitrogens with zero attached hydrogens (tertiary/aromatic N) is 1. The van der Waals surface area contributed by atoms with Crippen LogP contribution >= 0.6 is 15.9 Å². The number of fused-ring (bicyclic) bond motifs is 1. The van der Waals surface area contributed by atoms with Gasteiger partial charge in [-0.15, -0.1) is 0 Å². The van der Waals surface area contributed by atoms with Crippen LogP contribution in [0.1, 0.15) is 10.4 Å². The molecule has 25 heavy (non-hydrogen) atoms. The number of amides is 1. The monoisotopic (exact) mass is 391 g/mol. The molecule has 3 aromatic carbocycles. The number of anilines is 1. The number of carbonyl (C=O) groups excluding carboxylic acids is 1. The lowest BCUT2D eigenvalue weighted by molar-refractivity contribution is 0.102. The molecule has 122 valence electrons. The number of imidazole rings is 1. The van der Waals surface area contributed by atoms with Crippen LogP contribution in [0.2, 0.25) is 0 Å². The highest BCUT2D eigenvalue weighted by atomic mass is 79.9. The molecule has 0 aliphatic rings. The first kappa shape index (κ1) is 15.6. The van der Waals surface area contributed by atoms with Crippen LogP contribution in [0.15, 0.2) is 77.3 Å². The first-order chi connectivity index (χ1) is 12.2. The first-order valence-corrected chi connectivity index (χ1v) is 8.61. The van der Waals surface area contributed by atoms with Gasteiger partial charge in [-0.05, 0) is 46.3 Å². The Morgan fingerprint density at radius 1 is 0.960 bits per heavy atom. The highest BCUT2D eigenvalue weighted by molar-refractivity contribution is 9.10. The van der Waals surface area contributed by atoms with Crippen molar-refractivity contribution in [2.45, 2.75) is 0 Å². The van der Waals surface area contributed by atoms with Crippen LogP contribution in [0.3, 0.4) is 0 Å². The predicted octanol–water partition coefficient (Wildman–Crippen LogP) is 5.24. The third-order valence-corrected chi connectivity index (χ3v) is 4.60. The van der Waals surface area contributed by atoms with Gasteiger partial charge in [-0.2, -0.15) is 0 Å². The Bertz CT molecular complexity index is 1060. The molecule has 0 bridgehead atoms. The Kier molecular flexibility index (Phi) is 4.07. The van der Waals surface area contributed by atoms with Gasteiger partial charge in [0.05, 0.1) is 16.6 Å². The van der Waals surface area contributed by atoms with Gasteiger partial charge in [-0.25, -0.2) is 4.98 Å². The van der Waals surface area contributed by atoms with E-state index in [4.69, 9.17) is 0 Å². The standard InChI is InChI=1S/C20H14BrN3O/c21-16-9-5-4-8-15(16)20(25)22-14-10-11-17-18(12-14)24-19(23-17)13-6-2-1-3-7-13/h1-12H,(H,22,25)(H,23,24). The highest BCUT2D eigenvalue weighted by Gasteiger charge is 2.11. The van der Waals surface area contributed by atoms with Crippen molar-refractivity contribution in [2.24, 2.45) is 0 Å². The molecule has 4 aromatic rings. The molecule has 4 rings (SSSR count). The summed E-state index contributed by atoms with van der Waals surface area (Å²) in [5.41, 5.74) is 4.08. The van der Waals surface area contributed by atoms with Gasteiger partial charge in [-0.3, -0.25) is 4.79 Å². The van der Waals surface area contributed by atoms with Crippen LogP contribution in [0.4, 0.5) is 5.69 Å². The summed E-state index contributed by atoms with van der Waals surface area (Å²) in [4.78, 5) is 20.3. The molecule has 4 nitrogen and oxygen atoms in total. The molecule has 0 saturated carbocycles. The Hall–Kier alpha value is -2.92. The Morgan fingerprint density at radius 2 is 1.72 bits per heavy atom. The third-order valence-electron chi connectivity index (χ3n) is 3.91. The molecule has 1 amide bonds. The quantitative estimate of drug-likeness (QED) is 0.501. The second kappa shape index (κ2) is 6.53. The zero-order valence-corrected chi connectivity index (χ0v) is 14.7. The van der Waals surface area contributed by atoms with Gasteiger partial charge >= 0.3 is 0 Å². The number of hydrogen-bond acceptors (Lipinski definition) is 2. The minimum Gasteiger partial charge on any atom is -0.338 e. The normalized spacial score (nSPS) is 10.8. The molecule has 0 fully saturated rings. The van der Waals surface area contributed by atoms with Gasteiger partial charge in [0.25, 0.3) is 5.91 Å². The van der Waals surface area contributed by atoms with E-state index in [0.29, 0.717) is 5.56 Å². The summed E-state index contributed by atoms with van der Waals surface area (Å²) in [6.07, 6.45) is 0. The van der Waals surface area contributed by atoms with E-state index in [1.54, 1.807) is 6.07 Å². The summed E-state index contributed by atoms with van der Waals surface area (Å²) in [7, 11) is 0. The number of rotatable bonds is 3. The lowest BCUT2D eigenvalue weighted by Gasteiger charge is -2.06. The molecule has 0 aliphatic heterocycles. The molecule has 0 aliphatic carbocycles. The van der Waals surface area contributed by atoms with E-state index < -0.39 is 0 Å². The van der Waals surface area contributed by atoms with Gasteiger partial charge in [0.2, 0.25) is 0 Å². The minimum absolute atomic E-state index is 0.158. The lowest BCUT2D eigenvalue weighted by atomic mass is 10.2.